The number of nitrogens with one attached hydrogen (secondary N) is 2. The number of anilines is 1. The van der Waals surface area contributed by atoms with Crippen LogP contribution in [0.2, 0.25) is 0 Å². The Morgan fingerprint density at radius 3 is 2.39 bits per heavy atom. The summed E-state index contributed by atoms with van der Waals surface area (Å²) >= 11 is 0. The van der Waals surface area contributed by atoms with Crippen LogP contribution in [0.4, 0.5) is 10.1 Å². The van der Waals surface area contributed by atoms with Crippen molar-refractivity contribution in [1.29, 1.82) is 0 Å². The van der Waals surface area contributed by atoms with Gasteiger partial charge in [0.15, 0.2) is 5.78 Å². The summed E-state index contributed by atoms with van der Waals surface area (Å²) in [6, 6.07) is 9.03. The highest BCUT2D eigenvalue weighted by atomic mass is 19.1. The van der Waals surface area contributed by atoms with Crippen molar-refractivity contribution in [3.8, 4) is 0 Å². The first-order chi connectivity index (χ1) is 14.7. The lowest BCUT2D eigenvalue weighted by Gasteiger charge is -2.20. The van der Waals surface area contributed by atoms with E-state index in [1.54, 1.807) is 24.3 Å². The Hall–Kier alpha value is -3.82. The minimum atomic E-state index is -1.55. The van der Waals surface area contributed by atoms with Gasteiger partial charge in [-0.15, -0.1) is 0 Å². The number of amides is 2. The zero-order valence-electron chi connectivity index (χ0n) is 16.7. The largest absolute Gasteiger partial charge is 0.481 e. The van der Waals surface area contributed by atoms with Gasteiger partial charge in [-0.25, -0.2) is 4.39 Å². The number of benzene rings is 1. The average molecular weight is 431 g/mol. The summed E-state index contributed by atoms with van der Waals surface area (Å²) in [5.74, 6) is -3.74. The van der Waals surface area contributed by atoms with E-state index in [4.69, 9.17) is 5.11 Å². The lowest BCUT2D eigenvalue weighted by molar-refractivity contribution is -0.140. The molecular weight excluding hydrogens is 409 g/mol. The van der Waals surface area contributed by atoms with E-state index in [1.165, 1.54) is 25.3 Å². The average Bonchev–Trinajstić information content (AvgIpc) is 2.74. The first-order valence-corrected chi connectivity index (χ1v) is 9.38. The number of aromatic nitrogens is 1. The van der Waals surface area contributed by atoms with Crippen LogP contribution in [0.25, 0.3) is 0 Å². The number of nitrogens with zero attached hydrogens (tertiary/aromatic N) is 1. The molecule has 1 aromatic carbocycles. The van der Waals surface area contributed by atoms with Gasteiger partial charge in [0.1, 0.15) is 24.4 Å². The van der Waals surface area contributed by atoms with E-state index in [-0.39, 0.29) is 12.1 Å². The van der Waals surface area contributed by atoms with E-state index in [9.17, 15) is 28.4 Å². The summed E-state index contributed by atoms with van der Waals surface area (Å²) in [5.41, 5.74) is 0.0363. The molecule has 0 radical (unpaired) electrons. The quantitative estimate of drug-likeness (QED) is 0.515. The zero-order chi connectivity index (χ0) is 23.0. The maximum atomic E-state index is 12.7. The van der Waals surface area contributed by atoms with Gasteiger partial charge in [-0.05, 0) is 24.6 Å². The maximum Gasteiger partial charge on any atom is 0.305 e. The third-order valence-corrected chi connectivity index (χ3v) is 4.47. The van der Waals surface area contributed by atoms with Crippen molar-refractivity contribution in [2.75, 3.05) is 12.0 Å². The van der Waals surface area contributed by atoms with Crippen molar-refractivity contribution in [3.63, 3.8) is 0 Å². The number of hydrogen-bond donors (Lipinski definition) is 3. The topological polar surface area (TPSA) is 135 Å². The molecule has 0 saturated heterocycles. The minimum absolute atomic E-state index is 0.0490. The molecule has 1 aromatic heterocycles. The number of aliphatic carboxylic acids is 1. The van der Waals surface area contributed by atoms with Gasteiger partial charge in [-0.1, -0.05) is 30.3 Å². The number of carbonyl (C=O) groups is 4. The van der Waals surface area contributed by atoms with Gasteiger partial charge >= 0.3 is 5.97 Å². The summed E-state index contributed by atoms with van der Waals surface area (Å²) in [5, 5.41) is 13.5. The van der Waals surface area contributed by atoms with E-state index in [0.29, 0.717) is 0 Å². The number of ketones is 1. The second-order valence-corrected chi connectivity index (χ2v) is 6.78. The molecule has 9 nitrogen and oxygen atoms in total. The van der Waals surface area contributed by atoms with Crippen LogP contribution in [0.15, 0.2) is 53.5 Å². The van der Waals surface area contributed by atoms with Crippen molar-refractivity contribution in [2.45, 2.75) is 31.8 Å². The van der Waals surface area contributed by atoms with E-state index < -0.39 is 54.3 Å². The van der Waals surface area contributed by atoms with Crippen LogP contribution in [0.3, 0.4) is 0 Å². The van der Waals surface area contributed by atoms with E-state index in [0.717, 1.165) is 10.1 Å². The molecule has 1 heterocycles. The molecule has 0 aliphatic rings. The Morgan fingerprint density at radius 1 is 1.10 bits per heavy atom. The summed E-state index contributed by atoms with van der Waals surface area (Å²) < 4.78 is 13.7. The zero-order valence-corrected chi connectivity index (χ0v) is 16.7. The number of halogens is 1. The second kappa shape index (κ2) is 10.8. The number of Topliss-reactive ketones (excluding diaryl/α,β-unsaturated/α-hetero) is 1. The van der Waals surface area contributed by atoms with Crippen LogP contribution in [0.1, 0.15) is 24.9 Å². The normalized spacial score (nSPS) is 12.5. The molecule has 0 fully saturated rings. The molecule has 164 valence electrons. The highest BCUT2D eigenvalue weighted by Gasteiger charge is 2.26. The fraction of sp³-hybridized carbons (Fsp3) is 0.286. The summed E-state index contributed by atoms with van der Waals surface area (Å²) in [6.45, 7) is -0.0838. The summed E-state index contributed by atoms with van der Waals surface area (Å²) in [7, 11) is 0. The van der Waals surface area contributed by atoms with Crippen molar-refractivity contribution in [2.24, 2.45) is 0 Å². The van der Waals surface area contributed by atoms with Crippen molar-refractivity contribution < 1.29 is 28.7 Å². The molecule has 1 unspecified atom stereocenters. The van der Waals surface area contributed by atoms with E-state index in [1.807, 2.05) is 6.07 Å². The molecule has 3 N–H and O–H groups in total. The lowest BCUT2D eigenvalue weighted by Crippen LogP contribution is -2.46. The number of carbonyl (C=O) groups excluding carboxylic acids is 3. The first kappa shape index (κ1) is 23.5. The number of rotatable bonds is 10. The van der Waals surface area contributed by atoms with Crippen LogP contribution in [0.5, 0.6) is 0 Å². The van der Waals surface area contributed by atoms with Crippen LogP contribution in [-0.4, -0.2) is 46.0 Å². The highest BCUT2D eigenvalue weighted by molar-refractivity contribution is 5.94. The fourth-order valence-electron chi connectivity index (χ4n) is 2.82. The standard InChI is InChI=1S/C21H22FN3O6/c1-13(20(30)24-16(11-19(28)29)17(26)12-22)25-9-5-8-15(21(25)31)23-18(27)10-14-6-3-2-4-7-14/h2-9,13,16H,10-12H2,1H3,(H,23,27)(H,24,30)(H,28,29)/t13-,16?/m0/s1. The smallest absolute Gasteiger partial charge is 0.305 e. The minimum Gasteiger partial charge on any atom is -0.481 e. The van der Waals surface area contributed by atoms with E-state index in [2.05, 4.69) is 10.6 Å². The van der Waals surface area contributed by atoms with Crippen LogP contribution >= 0.6 is 0 Å². The number of carboxylic acid groups (broad SMARTS) is 1. The molecular formula is C21H22FN3O6. The Bertz CT molecular complexity index is 1020. The van der Waals surface area contributed by atoms with Crippen LogP contribution < -0.4 is 16.2 Å². The molecule has 2 rings (SSSR count). The molecule has 10 heteroatoms. The Morgan fingerprint density at radius 2 is 1.77 bits per heavy atom. The summed E-state index contributed by atoms with van der Waals surface area (Å²) in [6.07, 6.45) is 0.571. The number of alkyl halides is 1. The van der Waals surface area contributed by atoms with Crippen molar-refractivity contribution in [3.05, 3.63) is 64.6 Å². The number of pyridine rings is 1. The molecule has 0 bridgehead atoms. The molecule has 0 spiro atoms. The molecule has 0 aliphatic carbocycles. The van der Waals surface area contributed by atoms with Gasteiger partial charge in [0.2, 0.25) is 11.8 Å². The molecule has 2 atom stereocenters. The van der Waals surface area contributed by atoms with Gasteiger partial charge in [0.25, 0.3) is 5.56 Å². The van der Waals surface area contributed by atoms with Gasteiger partial charge < -0.3 is 20.3 Å². The number of hydrogen-bond acceptors (Lipinski definition) is 5. The molecule has 2 aromatic rings. The molecule has 31 heavy (non-hydrogen) atoms. The van der Waals surface area contributed by atoms with Crippen molar-refractivity contribution in [1.82, 2.24) is 9.88 Å². The molecule has 2 amide bonds. The Balaban J connectivity index is 2.14. The highest BCUT2D eigenvalue weighted by Crippen LogP contribution is 2.09. The predicted molar refractivity (Wildman–Crippen MR) is 109 cm³/mol. The second-order valence-electron chi connectivity index (χ2n) is 6.78. The summed E-state index contributed by atoms with van der Waals surface area (Å²) in [4.78, 5) is 59.8. The van der Waals surface area contributed by atoms with Gasteiger partial charge in [-0.3, -0.25) is 24.0 Å². The maximum absolute atomic E-state index is 12.7. The lowest BCUT2D eigenvalue weighted by atomic mass is 10.1. The van der Waals surface area contributed by atoms with Gasteiger partial charge in [-0.2, -0.15) is 0 Å². The predicted octanol–water partition coefficient (Wildman–Crippen LogP) is 1.09. The fourth-order valence-corrected chi connectivity index (χ4v) is 2.82. The van der Waals surface area contributed by atoms with Crippen molar-refractivity contribution >= 4 is 29.3 Å². The van der Waals surface area contributed by atoms with E-state index >= 15 is 0 Å². The Labute approximate surface area is 176 Å². The third kappa shape index (κ3) is 6.59. The van der Waals surface area contributed by atoms with Gasteiger partial charge in [0, 0.05) is 6.20 Å². The molecule has 0 saturated carbocycles. The van der Waals surface area contributed by atoms with Crippen LogP contribution in [-0.2, 0) is 25.6 Å². The SMILES string of the molecule is C[C@@H](C(=O)NC(CC(=O)O)C(=O)CF)n1cccc(NC(=O)Cc2ccccc2)c1=O. The molecule has 0 aliphatic heterocycles. The first-order valence-electron chi connectivity index (χ1n) is 9.38. The Kier molecular flexibility index (Phi) is 8.18. The third-order valence-electron chi connectivity index (χ3n) is 4.47. The number of carboxylic acids is 1. The van der Waals surface area contributed by atoms with Gasteiger partial charge in [0.05, 0.1) is 12.8 Å². The monoisotopic (exact) mass is 431 g/mol. The van der Waals surface area contributed by atoms with Crippen LogP contribution in [0, 0.1) is 0 Å².